The van der Waals surface area contributed by atoms with Crippen molar-refractivity contribution in [2.24, 2.45) is 5.73 Å². The highest BCUT2D eigenvalue weighted by Crippen LogP contribution is 2.34. The SMILES string of the molecule is CN(C)C(=O)CC(Nc1cccc(C(N)(Cc2ccc(-c3nccs3)cc2)S(=O)(=O)c2ccccn2)n1)C(=O)O. The Morgan fingerprint density at radius 2 is 1.80 bits per heavy atom. The molecular formula is C27H28N6O5S2. The Bertz CT molecular complexity index is 1580. The van der Waals surface area contributed by atoms with E-state index in [1.807, 2.05) is 17.5 Å². The van der Waals surface area contributed by atoms with Crippen LogP contribution in [0.4, 0.5) is 5.82 Å². The summed E-state index contributed by atoms with van der Waals surface area (Å²) in [5.74, 6) is -1.60. The van der Waals surface area contributed by atoms with Gasteiger partial charge in [-0.2, -0.15) is 0 Å². The minimum atomic E-state index is -4.31. The van der Waals surface area contributed by atoms with E-state index >= 15 is 0 Å². The van der Waals surface area contributed by atoms with Crippen LogP contribution in [0.1, 0.15) is 17.7 Å². The Hall–Kier alpha value is -4.20. The molecule has 0 bridgehead atoms. The molecule has 0 radical (unpaired) electrons. The molecule has 13 heteroatoms. The van der Waals surface area contributed by atoms with E-state index in [0.29, 0.717) is 5.56 Å². The first-order valence-corrected chi connectivity index (χ1v) is 14.5. The lowest BCUT2D eigenvalue weighted by Crippen LogP contribution is -2.48. The van der Waals surface area contributed by atoms with Crippen molar-refractivity contribution in [1.82, 2.24) is 19.9 Å². The van der Waals surface area contributed by atoms with Crippen molar-refractivity contribution < 1.29 is 23.1 Å². The van der Waals surface area contributed by atoms with Crippen molar-refractivity contribution in [3.8, 4) is 10.6 Å². The number of hydrogen-bond donors (Lipinski definition) is 3. The van der Waals surface area contributed by atoms with Crippen LogP contribution in [0.25, 0.3) is 10.6 Å². The van der Waals surface area contributed by atoms with E-state index in [1.54, 1.807) is 30.5 Å². The summed E-state index contributed by atoms with van der Waals surface area (Å²) < 4.78 is 27.9. The van der Waals surface area contributed by atoms with E-state index in [2.05, 4.69) is 20.3 Å². The Morgan fingerprint density at radius 3 is 2.40 bits per heavy atom. The number of aromatic nitrogens is 3. The number of nitrogens with two attached hydrogens (primary N) is 1. The molecule has 0 saturated carbocycles. The molecule has 4 aromatic rings. The van der Waals surface area contributed by atoms with Crippen molar-refractivity contribution in [2.75, 3.05) is 19.4 Å². The number of nitrogens with zero attached hydrogens (tertiary/aromatic N) is 4. The van der Waals surface area contributed by atoms with Crippen LogP contribution in [-0.2, 0) is 30.7 Å². The third-order valence-corrected chi connectivity index (χ3v) is 9.10. The monoisotopic (exact) mass is 580 g/mol. The van der Waals surface area contributed by atoms with Gasteiger partial charge in [-0.1, -0.05) is 36.4 Å². The lowest BCUT2D eigenvalue weighted by Gasteiger charge is -2.29. The molecule has 11 nitrogen and oxygen atoms in total. The fraction of sp³-hybridized carbons (Fsp3) is 0.222. The first-order valence-electron chi connectivity index (χ1n) is 12.1. The second-order valence-electron chi connectivity index (χ2n) is 9.21. The number of carboxylic acids is 1. The molecule has 4 rings (SSSR count). The number of pyridine rings is 2. The van der Waals surface area contributed by atoms with Crippen LogP contribution in [0.5, 0.6) is 0 Å². The van der Waals surface area contributed by atoms with Crippen LogP contribution in [0.3, 0.4) is 0 Å². The number of hydrogen-bond acceptors (Lipinski definition) is 10. The molecule has 0 saturated heterocycles. The lowest BCUT2D eigenvalue weighted by molar-refractivity contribution is -0.141. The number of thiazole rings is 1. The van der Waals surface area contributed by atoms with Gasteiger partial charge in [-0.05, 0) is 29.8 Å². The molecule has 208 valence electrons. The third kappa shape index (κ3) is 6.17. The molecule has 40 heavy (non-hydrogen) atoms. The average molecular weight is 581 g/mol. The summed E-state index contributed by atoms with van der Waals surface area (Å²) in [6.07, 6.45) is 2.58. The quantitative estimate of drug-likeness (QED) is 0.240. The van der Waals surface area contributed by atoms with E-state index in [4.69, 9.17) is 5.73 Å². The Kier molecular flexibility index (Phi) is 8.57. The van der Waals surface area contributed by atoms with Crippen LogP contribution in [0, 0.1) is 0 Å². The molecule has 0 aliphatic heterocycles. The highest BCUT2D eigenvalue weighted by Gasteiger charge is 2.45. The number of carbonyl (C=O) groups is 2. The molecule has 0 spiro atoms. The maximum atomic E-state index is 14.0. The first-order chi connectivity index (χ1) is 19.0. The van der Waals surface area contributed by atoms with Crippen LogP contribution in [-0.4, -0.2) is 65.4 Å². The van der Waals surface area contributed by atoms with Crippen LogP contribution >= 0.6 is 11.3 Å². The Labute approximate surface area is 235 Å². The minimum Gasteiger partial charge on any atom is -0.480 e. The normalized spacial score (nSPS) is 13.7. The maximum Gasteiger partial charge on any atom is 0.326 e. The van der Waals surface area contributed by atoms with Crippen molar-refractivity contribution in [1.29, 1.82) is 0 Å². The van der Waals surface area contributed by atoms with Gasteiger partial charge in [0.05, 0.1) is 12.1 Å². The number of nitrogens with one attached hydrogen (secondary N) is 1. The van der Waals surface area contributed by atoms with E-state index in [1.165, 1.54) is 60.8 Å². The predicted molar refractivity (Wildman–Crippen MR) is 151 cm³/mol. The van der Waals surface area contributed by atoms with Gasteiger partial charge in [-0.15, -0.1) is 11.3 Å². The van der Waals surface area contributed by atoms with Crippen LogP contribution in [0.15, 0.2) is 83.5 Å². The van der Waals surface area contributed by atoms with Crippen molar-refractivity contribution >= 4 is 38.9 Å². The number of rotatable bonds is 11. The molecular weight excluding hydrogens is 552 g/mol. The second-order valence-corrected chi connectivity index (χ2v) is 12.3. The maximum absolute atomic E-state index is 14.0. The summed E-state index contributed by atoms with van der Waals surface area (Å²) in [6, 6.07) is 14.9. The molecule has 0 aliphatic carbocycles. The van der Waals surface area contributed by atoms with Gasteiger partial charge in [0.25, 0.3) is 0 Å². The molecule has 2 unspecified atom stereocenters. The molecule has 0 aliphatic rings. The summed E-state index contributed by atoms with van der Waals surface area (Å²) in [7, 11) is -1.26. The molecule has 3 aromatic heterocycles. The molecule has 1 amide bonds. The van der Waals surface area contributed by atoms with Crippen molar-refractivity contribution in [3.63, 3.8) is 0 Å². The van der Waals surface area contributed by atoms with Crippen LogP contribution in [0.2, 0.25) is 0 Å². The van der Waals surface area contributed by atoms with Gasteiger partial charge in [0.2, 0.25) is 15.7 Å². The van der Waals surface area contributed by atoms with Gasteiger partial charge in [0.1, 0.15) is 16.9 Å². The highest BCUT2D eigenvalue weighted by atomic mass is 32.2. The number of amides is 1. The second kappa shape index (κ2) is 11.9. The molecule has 2 atom stereocenters. The smallest absolute Gasteiger partial charge is 0.326 e. The molecule has 4 N–H and O–H groups in total. The average Bonchev–Trinajstić information content (AvgIpc) is 3.48. The van der Waals surface area contributed by atoms with Crippen molar-refractivity contribution in [2.45, 2.75) is 28.8 Å². The predicted octanol–water partition coefficient (Wildman–Crippen LogP) is 2.77. The van der Waals surface area contributed by atoms with Gasteiger partial charge >= 0.3 is 5.97 Å². The number of sulfone groups is 1. The van der Waals surface area contributed by atoms with Gasteiger partial charge in [-0.25, -0.2) is 28.2 Å². The molecule has 1 aromatic carbocycles. The van der Waals surface area contributed by atoms with Gasteiger partial charge < -0.3 is 21.1 Å². The van der Waals surface area contributed by atoms with Gasteiger partial charge in [0, 0.05) is 43.9 Å². The summed E-state index contributed by atoms with van der Waals surface area (Å²) in [5, 5.41) is 14.9. The summed E-state index contributed by atoms with van der Waals surface area (Å²) in [6.45, 7) is 0. The number of anilines is 1. The Morgan fingerprint density at radius 1 is 1.05 bits per heavy atom. The van der Waals surface area contributed by atoms with Crippen LogP contribution < -0.4 is 11.1 Å². The molecule has 0 fully saturated rings. The van der Waals surface area contributed by atoms with E-state index < -0.39 is 32.6 Å². The molecule has 3 heterocycles. The number of carbonyl (C=O) groups excluding carboxylic acids is 1. The standard InChI is InChI=1S/C27H28N6O5S2/c1-33(2)24(34)16-20(26(35)36)31-22-7-5-6-21(32-22)27(28,40(37,38)23-8-3-4-13-29-23)17-18-9-11-19(12-10-18)25-30-14-15-39-25/h3-15,20H,16-17,28H2,1-2H3,(H,31,32)(H,35,36). The van der Waals surface area contributed by atoms with Gasteiger partial charge in [0.15, 0.2) is 9.90 Å². The topological polar surface area (TPSA) is 168 Å². The van der Waals surface area contributed by atoms with Crippen molar-refractivity contribution in [3.05, 3.63) is 89.7 Å². The summed E-state index contributed by atoms with van der Waals surface area (Å²) in [4.78, 5) is 36.0. The zero-order valence-electron chi connectivity index (χ0n) is 21.8. The fourth-order valence-electron chi connectivity index (χ4n) is 3.94. The zero-order chi connectivity index (χ0) is 28.9. The third-order valence-electron chi connectivity index (χ3n) is 6.17. The Balaban J connectivity index is 1.73. The first kappa shape index (κ1) is 28.8. The highest BCUT2D eigenvalue weighted by molar-refractivity contribution is 7.92. The fourth-order valence-corrected chi connectivity index (χ4v) is 6.16. The van der Waals surface area contributed by atoms with E-state index in [-0.39, 0.29) is 29.4 Å². The number of carboxylic acid groups (broad SMARTS) is 1. The largest absolute Gasteiger partial charge is 0.480 e. The number of benzene rings is 1. The van der Waals surface area contributed by atoms with E-state index in [9.17, 15) is 23.1 Å². The zero-order valence-corrected chi connectivity index (χ0v) is 23.4. The minimum absolute atomic E-state index is 0.0183. The van der Waals surface area contributed by atoms with E-state index in [0.717, 1.165) is 10.6 Å². The summed E-state index contributed by atoms with van der Waals surface area (Å²) >= 11 is 1.48. The van der Waals surface area contributed by atoms with Gasteiger partial charge in [-0.3, -0.25) is 4.79 Å². The lowest BCUT2D eigenvalue weighted by atomic mass is 10.0. The number of aliphatic carboxylic acids is 1. The summed E-state index contributed by atoms with van der Waals surface area (Å²) in [5.41, 5.74) is 8.26.